The highest BCUT2D eigenvalue weighted by Crippen LogP contribution is 2.17. The van der Waals surface area contributed by atoms with Crippen LogP contribution < -0.4 is 15.4 Å². The van der Waals surface area contributed by atoms with Crippen molar-refractivity contribution in [1.82, 2.24) is 10.6 Å². The second-order valence-corrected chi connectivity index (χ2v) is 7.68. The highest BCUT2D eigenvalue weighted by molar-refractivity contribution is 7.92. The first kappa shape index (κ1) is 23.9. The van der Waals surface area contributed by atoms with E-state index < -0.39 is 10.0 Å². The molecule has 0 aromatic heterocycles. The fourth-order valence-corrected chi connectivity index (χ4v) is 3.35. The Morgan fingerprint density at radius 1 is 0.964 bits per heavy atom. The van der Waals surface area contributed by atoms with Gasteiger partial charge in [-0.2, -0.15) is 0 Å². The molecular weight excluding hydrogens is 402 g/mol. The first-order valence-electron chi connectivity index (χ1n) is 8.60. The van der Waals surface area contributed by atoms with Crippen molar-refractivity contribution in [3.63, 3.8) is 0 Å². The molecule has 7 nitrogen and oxygen atoms in total. The van der Waals surface area contributed by atoms with Gasteiger partial charge in [-0.25, -0.2) is 8.42 Å². The van der Waals surface area contributed by atoms with E-state index in [1.54, 1.807) is 19.2 Å². The Morgan fingerprint density at radius 2 is 1.61 bits per heavy atom. The fourth-order valence-electron chi connectivity index (χ4n) is 2.29. The van der Waals surface area contributed by atoms with Gasteiger partial charge in [-0.05, 0) is 43.3 Å². The third-order valence-electron chi connectivity index (χ3n) is 3.80. The summed E-state index contributed by atoms with van der Waals surface area (Å²) < 4.78 is 32.3. The van der Waals surface area contributed by atoms with Gasteiger partial charge in [-0.1, -0.05) is 17.7 Å². The third kappa shape index (κ3) is 7.47. The number of hydrogen-bond donors (Lipinski definition) is 3. The van der Waals surface area contributed by atoms with Crippen LogP contribution in [0.2, 0.25) is 0 Å². The van der Waals surface area contributed by atoms with E-state index in [0.717, 1.165) is 5.56 Å². The zero-order valence-corrected chi connectivity index (χ0v) is 17.5. The number of nitrogens with one attached hydrogen (secondary N) is 3. The molecule has 0 fully saturated rings. The number of anilines is 1. The predicted molar refractivity (Wildman–Crippen MR) is 113 cm³/mol. The standard InChI is InChI=1S/C19H25N3O4S.ClH/c1-15-3-7-17(8-4-15)22-27(24,25)18-9-5-16(6-10-18)19(23)21-12-11-20-13-14-26-2;/h3-10,20,22H,11-14H2,1-2H3,(H,21,23);1H. The predicted octanol–water partition coefficient (Wildman–Crippen LogP) is 2.18. The second kappa shape index (κ2) is 11.7. The Kier molecular flexibility index (Phi) is 9.95. The van der Waals surface area contributed by atoms with Crippen LogP contribution in [0, 0.1) is 6.92 Å². The zero-order chi connectivity index (χ0) is 19.7. The second-order valence-electron chi connectivity index (χ2n) is 5.99. The summed E-state index contributed by atoms with van der Waals surface area (Å²) in [5.74, 6) is -0.251. The zero-order valence-electron chi connectivity index (χ0n) is 15.9. The van der Waals surface area contributed by atoms with Gasteiger partial charge in [0.25, 0.3) is 15.9 Å². The van der Waals surface area contributed by atoms with Crippen LogP contribution in [-0.2, 0) is 14.8 Å². The molecule has 3 N–H and O–H groups in total. The summed E-state index contributed by atoms with van der Waals surface area (Å²) in [7, 11) is -2.07. The van der Waals surface area contributed by atoms with Crippen LogP contribution in [0.3, 0.4) is 0 Å². The van der Waals surface area contributed by atoms with Crippen molar-refractivity contribution < 1.29 is 17.9 Å². The van der Waals surface area contributed by atoms with Crippen molar-refractivity contribution in [3.05, 3.63) is 59.7 Å². The molecule has 0 unspecified atom stereocenters. The topological polar surface area (TPSA) is 96.5 Å². The normalized spacial score (nSPS) is 10.8. The summed E-state index contributed by atoms with van der Waals surface area (Å²) in [6, 6.07) is 12.9. The van der Waals surface area contributed by atoms with E-state index in [9.17, 15) is 13.2 Å². The molecule has 0 radical (unpaired) electrons. The Labute approximate surface area is 172 Å². The van der Waals surface area contributed by atoms with Gasteiger partial charge in [0.05, 0.1) is 11.5 Å². The van der Waals surface area contributed by atoms with Gasteiger partial charge in [0, 0.05) is 38.0 Å². The van der Waals surface area contributed by atoms with Gasteiger partial charge in [0.1, 0.15) is 0 Å². The summed E-state index contributed by atoms with van der Waals surface area (Å²) in [6.45, 7) is 4.35. The molecule has 154 valence electrons. The van der Waals surface area contributed by atoms with Crippen molar-refractivity contribution in [2.45, 2.75) is 11.8 Å². The van der Waals surface area contributed by atoms with Crippen molar-refractivity contribution in [2.24, 2.45) is 0 Å². The average molecular weight is 428 g/mol. The number of halogens is 1. The van der Waals surface area contributed by atoms with E-state index in [-0.39, 0.29) is 23.2 Å². The summed E-state index contributed by atoms with van der Waals surface area (Å²) in [5, 5.41) is 5.89. The Balaban J connectivity index is 0.00000392. The Hall–Kier alpha value is -2.13. The minimum atomic E-state index is -3.70. The van der Waals surface area contributed by atoms with E-state index in [1.807, 2.05) is 19.1 Å². The van der Waals surface area contributed by atoms with E-state index >= 15 is 0 Å². The smallest absolute Gasteiger partial charge is 0.261 e. The van der Waals surface area contributed by atoms with Gasteiger partial charge < -0.3 is 15.4 Å². The maximum atomic E-state index is 12.4. The first-order chi connectivity index (χ1) is 12.9. The fraction of sp³-hybridized carbons (Fsp3) is 0.316. The van der Waals surface area contributed by atoms with Crippen LogP contribution in [-0.4, -0.2) is 47.7 Å². The quantitative estimate of drug-likeness (QED) is 0.505. The minimum Gasteiger partial charge on any atom is -0.383 e. The van der Waals surface area contributed by atoms with Crippen LogP contribution in [0.4, 0.5) is 5.69 Å². The molecule has 1 amide bonds. The summed E-state index contributed by atoms with van der Waals surface area (Å²) in [6.07, 6.45) is 0. The van der Waals surface area contributed by atoms with Gasteiger partial charge in [0.2, 0.25) is 0 Å². The SMILES string of the molecule is COCCNCCNC(=O)c1ccc(S(=O)(=O)Nc2ccc(C)cc2)cc1.Cl. The number of hydrogen-bond acceptors (Lipinski definition) is 5. The van der Waals surface area contributed by atoms with E-state index in [2.05, 4.69) is 15.4 Å². The molecule has 2 aromatic carbocycles. The summed E-state index contributed by atoms with van der Waals surface area (Å²) >= 11 is 0. The third-order valence-corrected chi connectivity index (χ3v) is 5.20. The monoisotopic (exact) mass is 427 g/mol. The van der Waals surface area contributed by atoms with Gasteiger partial charge in [0.15, 0.2) is 0 Å². The molecular formula is C19H26ClN3O4S. The Bertz CT molecular complexity index is 840. The molecule has 9 heteroatoms. The molecule has 2 rings (SSSR count). The minimum absolute atomic E-state index is 0. The summed E-state index contributed by atoms with van der Waals surface area (Å²) in [4.78, 5) is 12.2. The van der Waals surface area contributed by atoms with Crippen molar-refractivity contribution >= 4 is 34.0 Å². The van der Waals surface area contributed by atoms with Gasteiger partial charge >= 0.3 is 0 Å². The van der Waals surface area contributed by atoms with Crippen molar-refractivity contribution in [1.29, 1.82) is 0 Å². The maximum Gasteiger partial charge on any atom is 0.261 e. The highest BCUT2D eigenvalue weighted by Gasteiger charge is 2.15. The number of carbonyl (C=O) groups excluding carboxylic acids is 1. The van der Waals surface area contributed by atoms with Crippen LogP contribution in [0.15, 0.2) is 53.4 Å². The van der Waals surface area contributed by atoms with Crippen LogP contribution >= 0.6 is 12.4 Å². The number of ether oxygens (including phenoxy) is 1. The lowest BCUT2D eigenvalue weighted by atomic mass is 10.2. The molecule has 0 bridgehead atoms. The number of benzene rings is 2. The molecule has 0 saturated carbocycles. The number of sulfonamides is 1. The van der Waals surface area contributed by atoms with Crippen LogP contribution in [0.1, 0.15) is 15.9 Å². The largest absolute Gasteiger partial charge is 0.383 e. The molecule has 2 aromatic rings. The molecule has 0 saturated heterocycles. The lowest BCUT2D eigenvalue weighted by Crippen LogP contribution is -2.33. The molecule has 0 atom stereocenters. The summed E-state index contributed by atoms with van der Waals surface area (Å²) in [5.41, 5.74) is 1.94. The van der Waals surface area contributed by atoms with Crippen LogP contribution in [0.25, 0.3) is 0 Å². The Morgan fingerprint density at radius 3 is 2.21 bits per heavy atom. The number of aryl methyl sites for hydroxylation is 1. The van der Waals surface area contributed by atoms with Gasteiger partial charge in [-0.3, -0.25) is 9.52 Å². The van der Waals surface area contributed by atoms with Crippen LogP contribution in [0.5, 0.6) is 0 Å². The number of methoxy groups -OCH3 is 1. The molecule has 0 spiro atoms. The lowest BCUT2D eigenvalue weighted by molar-refractivity contribution is 0.0953. The average Bonchev–Trinajstić information content (AvgIpc) is 2.66. The van der Waals surface area contributed by atoms with E-state index in [0.29, 0.717) is 37.5 Å². The molecule has 0 aliphatic heterocycles. The van der Waals surface area contributed by atoms with E-state index in [4.69, 9.17) is 4.74 Å². The highest BCUT2D eigenvalue weighted by atomic mass is 35.5. The number of amides is 1. The van der Waals surface area contributed by atoms with Crippen molar-refractivity contribution in [3.8, 4) is 0 Å². The maximum absolute atomic E-state index is 12.4. The van der Waals surface area contributed by atoms with Crippen molar-refractivity contribution in [2.75, 3.05) is 38.1 Å². The van der Waals surface area contributed by atoms with E-state index in [1.165, 1.54) is 24.3 Å². The number of rotatable bonds is 10. The number of carbonyl (C=O) groups is 1. The molecule has 28 heavy (non-hydrogen) atoms. The first-order valence-corrected chi connectivity index (χ1v) is 10.1. The molecule has 0 aliphatic rings. The molecule has 0 aliphatic carbocycles. The lowest BCUT2D eigenvalue weighted by Gasteiger charge is -2.10. The molecule has 0 heterocycles. The van der Waals surface area contributed by atoms with Gasteiger partial charge in [-0.15, -0.1) is 12.4 Å².